The zero-order chi connectivity index (χ0) is 22.1. The number of amides is 2. The van der Waals surface area contributed by atoms with Gasteiger partial charge in [-0.05, 0) is 48.7 Å². The van der Waals surface area contributed by atoms with Gasteiger partial charge in [-0.15, -0.1) is 11.8 Å². The van der Waals surface area contributed by atoms with Crippen LogP contribution in [0.2, 0.25) is 10.0 Å². The summed E-state index contributed by atoms with van der Waals surface area (Å²) >= 11 is 13.7. The Bertz CT molecular complexity index is 1020. The Morgan fingerprint density at radius 2 is 1.77 bits per heavy atom. The van der Waals surface area contributed by atoms with Gasteiger partial charge in [0.15, 0.2) is 11.5 Å². The van der Waals surface area contributed by atoms with Crippen LogP contribution in [0.1, 0.15) is 34.1 Å². The molecule has 2 aromatic carbocycles. The number of hydrogen-bond donors (Lipinski definition) is 1. The average Bonchev–Trinajstić information content (AvgIpc) is 3.48. The molecular weight excluding hydrogens is 459 g/mol. The van der Waals surface area contributed by atoms with Crippen LogP contribution < -0.4 is 14.8 Å². The maximum atomic E-state index is 13.6. The predicted molar refractivity (Wildman–Crippen MR) is 122 cm³/mol. The summed E-state index contributed by atoms with van der Waals surface area (Å²) in [6, 6.07) is 9.89. The highest BCUT2D eigenvalue weighted by Crippen LogP contribution is 2.44. The second-order valence-electron chi connectivity index (χ2n) is 7.44. The Kier molecular flexibility index (Phi) is 6.55. The van der Waals surface area contributed by atoms with Crippen molar-refractivity contribution < 1.29 is 19.1 Å². The zero-order valence-electron chi connectivity index (χ0n) is 17.1. The highest BCUT2D eigenvalue weighted by atomic mass is 35.5. The molecule has 9 heteroatoms. The van der Waals surface area contributed by atoms with Crippen LogP contribution in [-0.2, 0) is 4.79 Å². The van der Waals surface area contributed by atoms with E-state index in [0.717, 1.165) is 18.4 Å². The fourth-order valence-electron chi connectivity index (χ4n) is 3.52. The Morgan fingerprint density at radius 1 is 1.03 bits per heavy atom. The minimum Gasteiger partial charge on any atom is -0.493 e. The van der Waals surface area contributed by atoms with E-state index in [4.69, 9.17) is 32.7 Å². The predicted octanol–water partition coefficient (Wildman–Crippen LogP) is 4.55. The van der Waals surface area contributed by atoms with Gasteiger partial charge >= 0.3 is 0 Å². The van der Waals surface area contributed by atoms with Crippen molar-refractivity contribution in [1.29, 1.82) is 0 Å². The Hall–Kier alpha value is -2.09. The number of hydrogen-bond acceptors (Lipinski definition) is 5. The van der Waals surface area contributed by atoms with Gasteiger partial charge in [0.25, 0.3) is 5.91 Å². The molecule has 1 saturated carbocycles. The first kappa shape index (κ1) is 22.1. The summed E-state index contributed by atoms with van der Waals surface area (Å²) in [5.41, 5.74) is 1.23. The number of carbonyl (C=O) groups excluding carboxylic acids is 2. The molecule has 6 nitrogen and oxygen atoms in total. The average molecular weight is 481 g/mol. The normalized spacial score (nSPS) is 20.5. The molecule has 2 atom stereocenters. The highest BCUT2D eigenvalue weighted by Gasteiger charge is 2.44. The Morgan fingerprint density at radius 3 is 2.42 bits per heavy atom. The number of methoxy groups -OCH3 is 2. The van der Waals surface area contributed by atoms with Gasteiger partial charge in [0.05, 0.1) is 24.3 Å². The van der Waals surface area contributed by atoms with E-state index < -0.39 is 6.04 Å². The van der Waals surface area contributed by atoms with Gasteiger partial charge in [0.1, 0.15) is 11.4 Å². The molecular formula is C22H22Cl2N2O4S. The van der Waals surface area contributed by atoms with E-state index in [9.17, 15) is 9.59 Å². The van der Waals surface area contributed by atoms with E-state index in [2.05, 4.69) is 5.32 Å². The number of benzene rings is 2. The third kappa shape index (κ3) is 4.59. The van der Waals surface area contributed by atoms with E-state index >= 15 is 0 Å². The summed E-state index contributed by atoms with van der Waals surface area (Å²) in [5, 5.41) is 3.32. The minimum absolute atomic E-state index is 0.133. The molecule has 164 valence electrons. The number of thioether (sulfide) groups is 1. The number of ether oxygens (including phenoxy) is 2. The molecule has 0 aromatic heterocycles. The van der Waals surface area contributed by atoms with Crippen LogP contribution in [0.15, 0.2) is 36.4 Å². The summed E-state index contributed by atoms with van der Waals surface area (Å²) in [5.74, 6) is 1.24. The van der Waals surface area contributed by atoms with E-state index in [0.29, 0.717) is 32.9 Å². The van der Waals surface area contributed by atoms with Gasteiger partial charge in [-0.25, -0.2) is 0 Å². The summed E-state index contributed by atoms with van der Waals surface area (Å²) in [6.45, 7) is 0. The fraction of sp³-hybridized carbons (Fsp3) is 0.364. The zero-order valence-corrected chi connectivity index (χ0v) is 19.4. The molecule has 0 radical (unpaired) electrons. The largest absolute Gasteiger partial charge is 0.493 e. The van der Waals surface area contributed by atoms with Gasteiger partial charge in [-0.3, -0.25) is 9.59 Å². The topological polar surface area (TPSA) is 67.9 Å². The molecule has 1 aliphatic carbocycles. The lowest BCUT2D eigenvalue weighted by atomic mass is 10.1. The molecule has 1 saturated heterocycles. The Labute approximate surface area is 195 Å². The first-order valence-electron chi connectivity index (χ1n) is 9.84. The third-order valence-electron chi connectivity index (χ3n) is 5.32. The number of carbonyl (C=O) groups is 2. The summed E-state index contributed by atoms with van der Waals surface area (Å²) in [4.78, 5) is 28.1. The second-order valence-corrected chi connectivity index (χ2v) is 9.37. The number of rotatable bonds is 6. The molecule has 31 heavy (non-hydrogen) atoms. The Balaban J connectivity index is 1.70. The monoisotopic (exact) mass is 480 g/mol. The lowest BCUT2D eigenvalue weighted by Gasteiger charge is -2.29. The van der Waals surface area contributed by atoms with Crippen molar-refractivity contribution >= 4 is 46.8 Å². The van der Waals surface area contributed by atoms with Crippen LogP contribution in [-0.4, -0.2) is 48.8 Å². The molecule has 1 heterocycles. The van der Waals surface area contributed by atoms with Crippen molar-refractivity contribution in [3.8, 4) is 11.5 Å². The SMILES string of the molecule is COc1ccc(C2SCC(C(=O)NC3CC3)N2C(=O)c2ccc(Cl)c(Cl)c2)cc1OC. The maximum absolute atomic E-state index is 13.6. The minimum atomic E-state index is -0.592. The van der Waals surface area contributed by atoms with Gasteiger partial charge in [0.2, 0.25) is 5.91 Å². The van der Waals surface area contributed by atoms with E-state index in [1.54, 1.807) is 37.3 Å². The lowest BCUT2D eigenvalue weighted by molar-refractivity contribution is -0.125. The molecule has 1 N–H and O–H groups in total. The van der Waals surface area contributed by atoms with Crippen molar-refractivity contribution in [3.63, 3.8) is 0 Å². The van der Waals surface area contributed by atoms with Crippen molar-refractivity contribution in [2.45, 2.75) is 30.3 Å². The van der Waals surface area contributed by atoms with Crippen molar-refractivity contribution in [2.24, 2.45) is 0 Å². The van der Waals surface area contributed by atoms with Crippen LogP contribution in [0.25, 0.3) is 0 Å². The summed E-state index contributed by atoms with van der Waals surface area (Å²) in [6.07, 6.45) is 1.96. The fourth-order valence-corrected chi connectivity index (χ4v) is 5.24. The lowest BCUT2D eigenvalue weighted by Crippen LogP contribution is -2.48. The van der Waals surface area contributed by atoms with Crippen LogP contribution in [0.3, 0.4) is 0 Å². The van der Waals surface area contributed by atoms with Gasteiger partial charge in [0, 0.05) is 17.4 Å². The first-order valence-corrected chi connectivity index (χ1v) is 11.6. The first-order chi connectivity index (χ1) is 14.9. The van der Waals surface area contributed by atoms with Crippen LogP contribution in [0.5, 0.6) is 11.5 Å². The molecule has 2 aliphatic rings. The molecule has 1 aliphatic heterocycles. The van der Waals surface area contributed by atoms with Crippen molar-refractivity contribution in [1.82, 2.24) is 10.2 Å². The van der Waals surface area contributed by atoms with E-state index in [-0.39, 0.29) is 23.2 Å². The quantitative estimate of drug-likeness (QED) is 0.656. The standard InChI is InChI=1S/C22H22Cl2N2O4S/c1-29-18-8-4-13(10-19(18)30-2)22-26(17(11-31-22)20(27)25-14-5-6-14)21(28)12-3-7-15(23)16(24)9-12/h3-4,7-10,14,17,22H,5-6,11H2,1-2H3,(H,25,27). The molecule has 0 bridgehead atoms. The summed E-state index contributed by atoms with van der Waals surface area (Å²) < 4.78 is 10.8. The van der Waals surface area contributed by atoms with Gasteiger partial charge in [-0.2, -0.15) is 0 Å². The second kappa shape index (κ2) is 9.18. The molecule has 2 aromatic rings. The number of nitrogens with zero attached hydrogens (tertiary/aromatic N) is 1. The third-order valence-corrected chi connectivity index (χ3v) is 7.38. The molecule has 2 fully saturated rings. The van der Waals surface area contributed by atoms with Crippen molar-refractivity contribution in [3.05, 3.63) is 57.6 Å². The highest BCUT2D eigenvalue weighted by molar-refractivity contribution is 7.99. The molecule has 2 amide bonds. The smallest absolute Gasteiger partial charge is 0.255 e. The van der Waals surface area contributed by atoms with Crippen LogP contribution in [0, 0.1) is 0 Å². The van der Waals surface area contributed by atoms with Crippen LogP contribution >= 0.6 is 35.0 Å². The van der Waals surface area contributed by atoms with Gasteiger partial charge in [-0.1, -0.05) is 29.3 Å². The van der Waals surface area contributed by atoms with Crippen LogP contribution in [0.4, 0.5) is 0 Å². The maximum Gasteiger partial charge on any atom is 0.255 e. The summed E-state index contributed by atoms with van der Waals surface area (Å²) in [7, 11) is 3.13. The van der Waals surface area contributed by atoms with Gasteiger partial charge < -0.3 is 19.7 Å². The number of nitrogens with one attached hydrogen (secondary N) is 1. The van der Waals surface area contributed by atoms with E-state index in [1.165, 1.54) is 17.8 Å². The molecule has 4 rings (SSSR count). The van der Waals surface area contributed by atoms with Crippen molar-refractivity contribution in [2.75, 3.05) is 20.0 Å². The molecule has 0 spiro atoms. The molecule has 2 unspecified atom stereocenters. The number of halogens is 2. The van der Waals surface area contributed by atoms with E-state index in [1.807, 2.05) is 12.1 Å².